The highest BCUT2D eigenvalue weighted by Gasteiger charge is 2.40. The average molecular weight is 212 g/mol. The van der Waals surface area contributed by atoms with Crippen molar-refractivity contribution in [3.05, 3.63) is 0 Å². The fourth-order valence-corrected chi connectivity index (χ4v) is 2.78. The van der Waals surface area contributed by atoms with Crippen LogP contribution in [0.2, 0.25) is 0 Å². The zero-order valence-electron chi connectivity index (χ0n) is 11.3. The smallest absolute Gasteiger partial charge is 0.0292 e. The molecule has 90 valence electrons. The van der Waals surface area contributed by atoms with Crippen molar-refractivity contribution in [1.29, 1.82) is 0 Å². The standard InChI is InChI=1S/C13H28N2/c1-12(2,3)10-8-7-9-11(15(10)14)13(4,5)6/h10-11H,7-9,14H2,1-6H3. The first-order chi connectivity index (χ1) is 6.64. The number of hydrazine groups is 1. The second kappa shape index (κ2) is 4.06. The second-order valence-corrected chi connectivity index (χ2v) is 7.14. The summed E-state index contributed by atoms with van der Waals surface area (Å²) in [5.41, 5.74) is 0.581. The van der Waals surface area contributed by atoms with E-state index in [0.29, 0.717) is 22.9 Å². The van der Waals surface area contributed by atoms with Crippen molar-refractivity contribution in [2.75, 3.05) is 0 Å². The first-order valence-electron chi connectivity index (χ1n) is 6.17. The second-order valence-electron chi connectivity index (χ2n) is 7.14. The molecular weight excluding hydrogens is 184 g/mol. The van der Waals surface area contributed by atoms with Gasteiger partial charge < -0.3 is 0 Å². The van der Waals surface area contributed by atoms with Crippen molar-refractivity contribution in [1.82, 2.24) is 5.01 Å². The number of nitrogens with two attached hydrogens (primary N) is 1. The van der Waals surface area contributed by atoms with Gasteiger partial charge in [-0.05, 0) is 23.7 Å². The van der Waals surface area contributed by atoms with E-state index in [0.717, 1.165) is 0 Å². The Balaban J connectivity index is 2.81. The van der Waals surface area contributed by atoms with E-state index in [1.54, 1.807) is 0 Å². The Morgan fingerprint density at radius 3 is 1.47 bits per heavy atom. The molecule has 2 nitrogen and oxygen atoms in total. The van der Waals surface area contributed by atoms with Crippen molar-refractivity contribution < 1.29 is 0 Å². The molecule has 1 heterocycles. The van der Waals surface area contributed by atoms with Gasteiger partial charge in [-0.25, -0.2) is 5.01 Å². The summed E-state index contributed by atoms with van der Waals surface area (Å²) in [6.07, 6.45) is 3.80. The van der Waals surface area contributed by atoms with Gasteiger partial charge in [-0.2, -0.15) is 0 Å². The molecule has 1 fully saturated rings. The van der Waals surface area contributed by atoms with Crippen LogP contribution in [0.1, 0.15) is 60.8 Å². The number of hydrogen-bond donors (Lipinski definition) is 1. The van der Waals surface area contributed by atoms with Crippen LogP contribution in [0.5, 0.6) is 0 Å². The minimum Gasteiger partial charge on any atom is -0.268 e. The third-order valence-electron chi connectivity index (χ3n) is 3.67. The van der Waals surface area contributed by atoms with Gasteiger partial charge >= 0.3 is 0 Å². The van der Waals surface area contributed by atoms with Gasteiger partial charge in [0.25, 0.3) is 0 Å². The highest BCUT2D eigenvalue weighted by molar-refractivity contribution is 4.92. The molecule has 2 N–H and O–H groups in total. The number of nitrogens with zero attached hydrogens (tertiary/aromatic N) is 1. The van der Waals surface area contributed by atoms with E-state index in [1.165, 1.54) is 19.3 Å². The molecule has 0 radical (unpaired) electrons. The molecule has 0 aromatic heterocycles. The first-order valence-corrected chi connectivity index (χ1v) is 6.17. The average Bonchev–Trinajstić information content (AvgIpc) is 1.99. The molecule has 0 aliphatic carbocycles. The van der Waals surface area contributed by atoms with Gasteiger partial charge in [-0.15, -0.1) is 0 Å². The number of piperidine rings is 1. The Hall–Kier alpha value is -0.0800. The Labute approximate surface area is 95.2 Å². The Bertz CT molecular complexity index is 188. The van der Waals surface area contributed by atoms with Crippen LogP contribution in [0.25, 0.3) is 0 Å². The molecular formula is C13H28N2. The van der Waals surface area contributed by atoms with Crippen molar-refractivity contribution in [2.45, 2.75) is 72.9 Å². The first kappa shape index (κ1) is 13.0. The van der Waals surface area contributed by atoms with Crippen LogP contribution < -0.4 is 5.84 Å². The van der Waals surface area contributed by atoms with E-state index in [-0.39, 0.29) is 0 Å². The Morgan fingerprint density at radius 2 is 1.20 bits per heavy atom. The number of rotatable bonds is 0. The molecule has 1 rings (SSSR count). The fourth-order valence-electron chi connectivity index (χ4n) is 2.78. The Kier molecular flexibility index (Phi) is 3.52. The molecule has 0 aromatic rings. The van der Waals surface area contributed by atoms with Crippen molar-refractivity contribution >= 4 is 0 Å². The minimum atomic E-state index is 0.290. The van der Waals surface area contributed by atoms with Crippen LogP contribution in [0.4, 0.5) is 0 Å². The van der Waals surface area contributed by atoms with E-state index < -0.39 is 0 Å². The summed E-state index contributed by atoms with van der Waals surface area (Å²) < 4.78 is 0. The third-order valence-corrected chi connectivity index (χ3v) is 3.67. The molecule has 1 aliphatic rings. The largest absolute Gasteiger partial charge is 0.268 e. The van der Waals surface area contributed by atoms with E-state index in [1.807, 2.05) is 0 Å². The number of hydrogen-bond acceptors (Lipinski definition) is 2. The highest BCUT2D eigenvalue weighted by atomic mass is 15.4. The molecule has 0 amide bonds. The van der Waals surface area contributed by atoms with E-state index >= 15 is 0 Å². The molecule has 2 heteroatoms. The molecule has 0 bridgehead atoms. The SMILES string of the molecule is CC(C)(C)C1CCCC(C(C)(C)C)N1N. The lowest BCUT2D eigenvalue weighted by Gasteiger charge is -2.49. The lowest BCUT2D eigenvalue weighted by atomic mass is 9.74. The van der Waals surface area contributed by atoms with Gasteiger partial charge in [-0.1, -0.05) is 48.0 Å². The van der Waals surface area contributed by atoms with Gasteiger partial charge in [0, 0.05) is 12.1 Å². The minimum absolute atomic E-state index is 0.290. The van der Waals surface area contributed by atoms with Crippen LogP contribution >= 0.6 is 0 Å². The molecule has 2 atom stereocenters. The van der Waals surface area contributed by atoms with Gasteiger partial charge in [0.1, 0.15) is 0 Å². The maximum atomic E-state index is 6.33. The van der Waals surface area contributed by atoms with Gasteiger partial charge in [0.2, 0.25) is 0 Å². The zero-order chi connectivity index (χ0) is 11.9. The highest BCUT2D eigenvalue weighted by Crippen LogP contribution is 2.38. The Morgan fingerprint density at radius 1 is 0.867 bits per heavy atom. The van der Waals surface area contributed by atoms with Crippen LogP contribution in [0.15, 0.2) is 0 Å². The van der Waals surface area contributed by atoms with Crippen molar-refractivity contribution in [3.8, 4) is 0 Å². The molecule has 0 saturated carbocycles. The van der Waals surface area contributed by atoms with Crippen molar-refractivity contribution in [2.24, 2.45) is 16.7 Å². The molecule has 1 saturated heterocycles. The van der Waals surface area contributed by atoms with E-state index in [2.05, 4.69) is 46.6 Å². The maximum Gasteiger partial charge on any atom is 0.0292 e. The molecule has 2 unspecified atom stereocenters. The fraction of sp³-hybridized carbons (Fsp3) is 1.00. The summed E-state index contributed by atoms with van der Waals surface area (Å²) in [5, 5.41) is 2.14. The van der Waals surface area contributed by atoms with E-state index in [9.17, 15) is 0 Å². The summed E-state index contributed by atoms with van der Waals surface area (Å²) in [6.45, 7) is 13.8. The van der Waals surface area contributed by atoms with Gasteiger partial charge in [0.05, 0.1) is 0 Å². The zero-order valence-corrected chi connectivity index (χ0v) is 11.3. The summed E-state index contributed by atoms with van der Waals surface area (Å²) in [7, 11) is 0. The lowest BCUT2D eigenvalue weighted by molar-refractivity contribution is -0.0258. The van der Waals surface area contributed by atoms with Gasteiger partial charge in [-0.3, -0.25) is 5.84 Å². The van der Waals surface area contributed by atoms with E-state index in [4.69, 9.17) is 5.84 Å². The van der Waals surface area contributed by atoms with Crippen LogP contribution in [-0.4, -0.2) is 17.1 Å². The lowest BCUT2D eigenvalue weighted by Crippen LogP contribution is -2.59. The summed E-state index contributed by atoms with van der Waals surface area (Å²) in [5.74, 6) is 6.33. The summed E-state index contributed by atoms with van der Waals surface area (Å²) in [4.78, 5) is 0. The van der Waals surface area contributed by atoms with Crippen LogP contribution in [0.3, 0.4) is 0 Å². The summed E-state index contributed by atoms with van der Waals surface area (Å²) >= 11 is 0. The van der Waals surface area contributed by atoms with Crippen LogP contribution in [-0.2, 0) is 0 Å². The molecule has 1 aliphatic heterocycles. The quantitative estimate of drug-likeness (QED) is 0.625. The monoisotopic (exact) mass is 212 g/mol. The normalized spacial score (nSPS) is 30.6. The predicted octanol–water partition coefficient (Wildman–Crippen LogP) is 3.18. The van der Waals surface area contributed by atoms with Gasteiger partial charge in [0.15, 0.2) is 0 Å². The maximum absolute atomic E-state index is 6.33. The third kappa shape index (κ3) is 2.94. The molecule has 15 heavy (non-hydrogen) atoms. The van der Waals surface area contributed by atoms with Crippen LogP contribution in [0, 0.1) is 10.8 Å². The topological polar surface area (TPSA) is 29.3 Å². The predicted molar refractivity (Wildman–Crippen MR) is 66.4 cm³/mol. The molecule has 0 aromatic carbocycles. The summed E-state index contributed by atoms with van der Waals surface area (Å²) in [6, 6.07) is 1.05. The van der Waals surface area contributed by atoms with Crippen molar-refractivity contribution in [3.63, 3.8) is 0 Å². The molecule has 0 spiro atoms.